The predicted molar refractivity (Wildman–Crippen MR) is 119 cm³/mol. The highest BCUT2D eigenvalue weighted by Crippen LogP contribution is 2.26. The fraction of sp³-hybridized carbons (Fsp3) is 0.600. The first kappa shape index (κ1) is 21.9. The maximum absolute atomic E-state index is 12.9. The van der Waals surface area contributed by atoms with Crippen LogP contribution in [0.4, 0.5) is 0 Å². The number of ether oxygens (including phenoxy) is 1. The van der Waals surface area contributed by atoms with Gasteiger partial charge in [-0.2, -0.15) is 0 Å². The Labute approximate surface area is 185 Å². The van der Waals surface area contributed by atoms with Gasteiger partial charge in [0.15, 0.2) is 0 Å². The molecule has 1 aromatic carbocycles. The molecule has 2 fully saturated rings. The van der Waals surface area contributed by atoms with Gasteiger partial charge in [-0.15, -0.1) is 0 Å². The van der Waals surface area contributed by atoms with Crippen molar-refractivity contribution in [1.82, 2.24) is 10.5 Å². The summed E-state index contributed by atoms with van der Waals surface area (Å²) in [6.07, 6.45) is 10.4. The lowest BCUT2D eigenvalue weighted by Gasteiger charge is -2.45. The second kappa shape index (κ2) is 9.86. The Morgan fingerprint density at radius 3 is 2.39 bits per heavy atom. The van der Waals surface area contributed by atoms with Crippen molar-refractivity contribution in [2.45, 2.75) is 77.4 Å². The highest BCUT2D eigenvalue weighted by atomic mass is 16.5. The number of hydrogen-bond donors (Lipinski definition) is 2. The number of nitrogens with zero attached hydrogens (tertiary/aromatic N) is 1. The minimum absolute atomic E-state index is 0.0126. The smallest absolute Gasteiger partial charge is 0.251 e. The molecule has 1 aromatic heterocycles. The summed E-state index contributed by atoms with van der Waals surface area (Å²) in [7, 11) is 0. The van der Waals surface area contributed by atoms with Crippen LogP contribution < -0.4 is 15.0 Å². The van der Waals surface area contributed by atoms with E-state index in [2.05, 4.69) is 10.5 Å². The Bertz CT molecular complexity index is 843. The molecular formula is C25H36N3O3+. The lowest BCUT2D eigenvalue weighted by molar-refractivity contribution is -0.957. The van der Waals surface area contributed by atoms with Crippen molar-refractivity contribution in [2.24, 2.45) is 0 Å². The van der Waals surface area contributed by atoms with Crippen LogP contribution in [0.1, 0.15) is 78.7 Å². The SMILES string of the molecule is Cc1noc(C)c1COc1ccc(C(=O)NCC2([NH+]3CCCCC3)CCCCC2)cc1. The average molecular weight is 427 g/mol. The standard InChI is InChI=1S/C25H35N3O3/c1-19-23(20(2)31-27-19)17-30-22-11-9-21(10-12-22)24(29)26-18-25(13-5-3-6-14-25)28-15-7-4-8-16-28/h9-12H,3-8,13-18H2,1-2H3,(H,26,29)/p+1. The summed E-state index contributed by atoms with van der Waals surface area (Å²) in [5.41, 5.74) is 2.73. The molecule has 0 radical (unpaired) electrons. The third-order valence-corrected chi connectivity index (χ3v) is 7.29. The number of carbonyl (C=O) groups excluding carboxylic acids is 1. The zero-order chi connectivity index (χ0) is 21.7. The van der Waals surface area contributed by atoms with Crippen molar-refractivity contribution in [3.8, 4) is 5.75 Å². The molecule has 2 aliphatic rings. The number of carbonyl (C=O) groups is 1. The van der Waals surface area contributed by atoms with E-state index >= 15 is 0 Å². The quantitative estimate of drug-likeness (QED) is 0.712. The van der Waals surface area contributed by atoms with Crippen molar-refractivity contribution in [1.29, 1.82) is 0 Å². The van der Waals surface area contributed by atoms with Gasteiger partial charge in [0, 0.05) is 18.4 Å². The van der Waals surface area contributed by atoms with Crippen LogP contribution in [0.3, 0.4) is 0 Å². The highest BCUT2D eigenvalue weighted by molar-refractivity contribution is 5.94. The summed E-state index contributed by atoms with van der Waals surface area (Å²) < 4.78 is 11.0. The van der Waals surface area contributed by atoms with Crippen molar-refractivity contribution in [3.63, 3.8) is 0 Å². The van der Waals surface area contributed by atoms with Gasteiger partial charge in [-0.05, 0) is 70.2 Å². The number of nitrogens with one attached hydrogen (secondary N) is 2. The van der Waals surface area contributed by atoms with Gasteiger partial charge in [0.2, 0.25) is 0 Å². The van der Waals surface area contributed by atoms with Crippen molar-refractivity contribution in [2.75, 3.05) is 19.6 Å². The van der Waals surface area contributed by atoms with E-state index in [4.69, 9.17) is 9.26 Å². The van der Waals surface area contributed by atoms with Crippen LogP contribution in [-0.2, 0) is 6.61 Å². The van der Waals surface area contributed by atoms with Crippen LogP contribution in [0.5, 0.6) is 5.75 Å². The first-order valence-electron chi connectivity index (χ1n) is 11.9. The summed E-state index contributed by atoms with van der Waals surface area (Å²) in [6.45, 7) is 7.50. The molecule has 1 aliphatic heterocycles. The van der Waals surface area contributed by atoms with E-state index in [-0.39, 0.29) is 11.4 Å². The number of likely N-dealkylation sites (tertiary alicyclic amines) is 1. The fourth-order valence-electron chi connectivity index (χ4n) is 5.31. The summed E-state index contributed by atoms with van der Waals surface area (Å²) in [5.74, 6) is 1.53. The first-order chi connectivity index (χ1) is 15.1. The molecular weight excluding hydrogens is 390 g/mol. The maximum atomic E-state index is 12.9. The average Bonchev–Trinajstić information content (AvgIpc) is 3.14. The van der Waals surface area contributed by atoms with Crippen LogP contribution in [0, 0.1) is 13.8 Å². The molecule has 168 valence electrons. The number of quaternary nitrogens is 1. The normalized spacial score (nSPS) is 19.2. The van der Waals surface area contributed by atoms with Gasteiger partial charge in [0.25, 0.3) is 5.91 Å². The second-order valence-corrected chi connectivity index (χ2v) is 9.30. The molecule has 2 aromatic rings. The van der Waals surface area contributed by atoms with Gasteiger partial charge >= 0.3 is 0 Å². The van der Waals surface area contributed by atoms with Crippen LogP contribution >= 0.6 is 0 Å². The third-order valence-electron chi connectivity index (χ3n) is 7.29. The number of hydrogen-bond acceptors (Lipinski definition) is 4. The van der Waals surface area contributed by atoms with E-state index in [0.29, 0.717) is 12.2 Å². The number of benzene rings is 1. The van der Waals surface area contributed by atoms with Crippen LogP contribution in [0.2, 0.25) is 0 Å². The molecule has 4 rings (SSSR count). The van der Waals surface area contributed by atoms with E-state index in [0.717, 1.165) is 29.3 Å². The molecule has 2 N–H and O–H groups in total. The summed E-state index contributed by atoms with van der Waals surface area (Å²) in [4.78, 5) is 14.6. The van der Waals surface area contributed by atoms with Crippen LogP contribution in [-0.4, -0.2) is 36.2 Å². The lowest BCUT2D eigenvalue weighted by Crippen LogP contribution is -3.22. The Morgan fingerprint density at radius 1 is 1.06 bits per heavy atom. The Morgan fingerprint density at radius 2 is 1.74 bits per heavy atom. The van der Waals surface area contributed by atoms with Crippen LogP contribution in [0.15, 0.2) is 28.8 Å². The molecule has 0 bridgehead atoms. The minimum atomic E-state index is 0.0126. The first-order valence-corrected chi connectivity index (χ1v) is 11.9. The van der Waals surface area contributed by atoms with Gasteiger partial charge in [-0.25, -0.2) is 0 Å². The largest absolute Gasteiger partial charge is 0.489 e. The summed E-state index contributed by atoms with van der Waals surface area (Å²) >= 11 is 0. The molecule has 0 atom stereocenters. The topological polar surface area (TPSA) is 68.8 Å². The summed E-state index contributed by atoms with van der Waals surface area (Å²) in [6, 6.07) is 7.41. The molecule has 0 spiro atoms. The molecule has 2 heterocycles. The van der Waals surface area contributed by atoms with Gasteiger partial charge in [0.05, 0.1) is 30.9 Å². The molecule has 1 saturated heterocycles. The molecule has 6 nitrogen and oxygen atoms in total. The second-order valence-electron chi connectivity index (χ2n) is 9.30. The van der Waals surface area contributed by atoms with E-state index in [1.807, 2.05) is 38.1 Å². The van der Waals surface area contributed by atoms with Gasteiger partial charge in [-0.3, -0.25) is 4.79 Å². The molecule has 31 heavy (non-hydrogen) atoms. The number of rotatable bonds is 7. The number of aryl methyl sites for hydroxylation is 2. The molecule has 1 aliphatic carbocycles. The van der Waals surface area contributed by atoms with Gasteiger partial charge < -0.3 is 19.5 Å². The van der Waals surface area contributed by atoms with Crippen molar-refractivity contribution < 1.29 is 19.0 Å². The summed E-state index contributed by atoms with van der Waals surface area (Å²) in [5, 5.41) is 7.23. The molecule has 6 heteroatoms. The van der Waals surface area contributed by atoms with Gasteiger partial charge in [0.1, 0.15) is 23.7 Å². The fourth-order valence-corrected chi connectivity index (χ4v) is 5.31. The Hall–Kier alpha value is -2.34. The van der Waals surface area contributed by atoms with Crippen LogP contribution in [0.25, 0.3) is 0 Å². The lowest BCUT2D eigenvalue weighted by atomic mass is 9.79. The highest BCUT2D eigenvalue weighted by Gasteiger charge is 2.42. The van der Waals surface area contributed by atoms with Gasteiger partial charge in [-0.1, -0.05) is 11.6 Å². The number of aromatic nitrogens is 1. The Balaban J connectivity index is 1.34. The van der Waals surface area contributed by atoms with E-state index in [1.165, 1.54) is 64.5 Å². The van der Waals surface area contributed by atoms with E-state index < -0.39 is 0 Å². The molecule has 1 saturated carbocycles. The molecule has 1 amide bonds. The zero-order valence-corrected chi connectivity index (χ0v) is 19.0. The molecule has 0 unspecified atom stereocenters. The van der Waals surface area contributed by atoms with Crippen molar-refractivity contribution >= 4 is 5.91 Å². The maximum Gasteiger partial charge on any atom is 0.251 e. The minimum Gasteiger partial charge on any atom is -0.489 e. The monoisotopic (exact) mass is 426 g/mol. The zero-order valence-electron chi connectivity index (χ0n) is 19.0. The van der Waals surface area contributed by atoms with E-state index in [9.17, 15) is 4.79 Å². The van der Waals surface area contributed by atoms with E-state index in [1.54, 1.807) is 4.90 Å². The Kier molecular flexibility index (Phi) is 6.96. The number of piperidine rings is 1. The number of amides is 1. The third kappa shape index (κ3) is 5.12. The predicted octanol–water partition coefficient (Wildman–Crippen LogP) is 3.37. The van der Waals surface area contributed by atoms with Crippen molar-refractivity contribution in [3.05, 3.63) is 46.8 Å².